The lowest BCUT2D eigenvalue weighted by Gasteiger charge is -2.26. The Kier molecular flexibility index (Phi) is 24.3. The molecule has 0 aromatic carbocycles. The number of carbonyl (C=O) groups excluding carboxylic acids is 10. The van der Waals surface area contributed by atoms with Crippen LogP contribution in [0.1, 0.15) is 98.3 Å². The van der Waals surface area contributed by atoms with Crippen LogP contribution in [0.25, 0.3) is 0 Å². The van der Waals surface area contributed by atoms with Crippen LogP contribution < -0.4 is 44.6 Å². The van der Waals surface area contributed by atoms with Gasteiger partial charge in [0.15, 0.2) is 23.3 Å². The second-order valence-electron chi connectivity index (χ2n) is 14.9. The average molecular weight is 840 g/mol. The van der Waals surface area contributed by atoms with Crippen LogP contribution in [0.2, 0.25) is 0 Å². The fraction of sp³-hybridized carbons (Fsp3) is 0.676. The van der Waals surface area contributed by atoms with Gasteiger partial charge in [0.2, 0.25) is 35.4 Å². The van der Waals surface area contributed by atoms with Crippen molar-refractivity contribution in [2.24, 2.45) is 63.3 Å². The van der Waals surface area contributed by atoms with Crippen molar-refractivity contribution in [2.75, 3.05) is 13.2 Å². The Hall–Kier alpha value is -5.80. The summed E-state index contributed by atoms with van der Waals surface area (Å²) in [4.78, 5) is 143. The van der Waals surface area contributed by atoms with E-state index in [9.17, 15) is 63.0 Å². The van der Waals surface area contributed by atoms with Crippen molar-refractivity contribution in [2.45, 2.75) is 116 Å². The maximum Gasteiger partial charge on any atom is 0.303 e. The normalized spacial score (nSPS) is 14.5. The molecule has 0 fully saturated rings. The van der Waals surface area contributed by atoms with E-state index in [0.717, 1.165) is 0 Å². The molecule has 0 aliphatic heterocycles. The Morgan fingerprint density at radius 2 is 1.07 bits per heavy atom. The molecular formula is C37H61N9O13. The number of guanidine groups is 1. The smallest absolute Gasteiger partial charge is 0.303 e. The third-order valence-corrected chi connectivity index (χ3v) is 9.45. The van der Waals surface area contributed by atoms with Gasteiger partial charge < -0.3 is 54.8 Å². The number of rotatable bonds is 32. The van der Waals surface area contributed by atoms with E-state index in [1.807, 2.05) is 0 Å². The molecule has 0 heterocycles. The zero-order valence-corrected chi connectivity index (χ0v) is 34.0. The maximum atomic E-state index is 13.9. The lowest BCUT2D eigenvalue weighted by atomic mass is 9.86. The summed E-state index contributed by atoms with van der Waals surface area (Å²) in [5.74, 6) is -14.6. The highest BCUT2D eigenvalue weighted by Crippen LogP contribution is 2.22. The van der Waals surface area contributed by atoms with Crippen LogP contribution >= 0.6 is 0 Å². The molecule has 0 saturated heterocycles. The van der Waals surface area contributed by atoms with Gasteiger partial charge in [-0.25, -0.2) is 0 Å². The molecule has 0 aromatic rings. The number of nitrogens with zero attached hydrogens (tertiary/aromatic N) is 1. The maximum absolute atomic E-state index is 13.9. The monoisotopic (exact) mass is 839 g/mol. The number of hydrogen-bond donors (Lipinski definition) is 10. The SMILES string of the molecule is CC(=O)[C@H](CO)NC(=O)[C@@H](CC(=O)[C@H](CCCN=C(N)N)NC(=O)[C@H](CCC(N)=O)CC(=O)[C@H](CC(N)=O)NC(=O)[C@H](CCC(=O)O)CC(=O)[C@@H](C)CC(N)=O)C(C)C. The summed E-state index contributed by atoms with van der Waals surface area (Å²) in [6.45, 7) is 5.21. The number of Topliss-reactive ketones (excluding diaryl/α,β-unsaturated/α-hetero) is 4. The molecule has 0 aliphatic carbocycles. The molecule has 0 spiro atoms. The first kappa shape index (κ1) is 53.2. The third kappa shape index (κ3) is 22.1. The predicted molar refractivity (Wildman–Crippen MR) is 210 cm³/mol. The number of hydrogen-bond acceptors (Lipinski definition) is 13. The van der Waals surface area contributed by atoms with Gasteiger partial charge in [-0.3, -0.25) is 57.7 Å². The van der Waals surface area contributed by atoms with E-state index < -0.39 is 157 Å². The highest BCUT2D eigenvalue weighted by molar-refractivity contribution is 5.98. The molecule has 332 valence electrons. The van der Waals surface area contributed by atoms with Crippen LogP contribution in [0, 0.1) is 29.6 Å². The van der Waals surface area contributed by atoms with Crippen molar-refractivity contribution >= 4 is 70.5 Å². The lowest BCUT2D eigenvalue weighted by molar-refractivity contribution is -0.139. The predicted octanol–water partition coefficient (Wildman–Crippen LogP) is -3.02. The minimum Gasteiger partial charge on any atom is -0.481 e. The number of nitrogens with two attached hydrogens (primary N) is 5. The number of aliphatic hydroxyl groups excluding tert-OH is 1. The molecular weight excluding hydrogens is 778 g/mol. The lowest BCUT2D eigenvalue weighted by Crippen LogP contribution is -2.49. The van der Waals surface area contributed by atoms with Gasteiger partial charge in [-0.05, 0) is 38.5 Å². The van der Waals surface area contributed by atoms with Crippen LogP contribution in [-0.2, 0) is 52.7 Å². The molecule has 22 heteroatoms. The number of aliphatic hydroxyl groups is 1. The van der Waals surface area contributed by atoms with E-state index in [4.69, 9.17) is 28.7 Å². The third-order valence-electron chi connectivity index (χ3n) is 9.45. The number of nitrogens with one attached hydrogen (secondary N) is 3. The molecule has 22 nitrogen and oxygen atoms in total. The summed E-state index contributed by atoms with van der Waals surface area (Å²) in [6.07, 6.45) is -4.42. The van der Waals surface area contributed by atoms with E-state index >= 15 is 0 Å². The zero-order chi connectivity index (χ0) is 45.6. The summed E-state index contributed by atoms with van der Waals surface area (Å²) in [5.41, 5.74) is 26.7. The quantitative estimate of drug-likeness (QED) is 0.0183. The van der Waals surface area contributed by atoms with Gasteiger partial charge in [-0.1, -0.05) is 20.8 Å². The van der Waals surface area contributed by atoms with Gasteiger partial charge in [0.1, 0.15) is 11.8 Å². The van der Waals surface area contributed by atoms with Crippen molar-refractivity contribution < 1.29 is 63.0 Å². The van der Waals surface area contributed by atoms with Crippen molar-refractivity contribution in [3.63, 3.8) is 0 Å². The number of ketones is 4. The summed E-state index contributed by atoms with van der Waals surface area (Å²) >= 11 is 0. The Morgan fingerprint density at radius 3 is 1.53 bits per heavy atom. The molecule has 0 rings (SSSR count). The van der Waals surface area contributed by atoms with Crippen LogP contribution in [0.15, 0.2) is 4.99 Å². The molecule has 6 amide bonds. The van der Waals surface area contributed by atoms with Crippen LogP contribution in [0.5, 0.6) is 0 Å². The molecule has 15 N–H and O–H groups in total. The minimum atomic E-state index is -1.69. The number of aliphatic imine (C=N–C) groups is 1. The van der Waals surface area contributed by atoms with Gasteiger partial charge in [-0.2, -0.15) is 0 Å². The van der Waals surface area contributed by atoms with E-state index in [2.05, 4.69) is 20.9 Å². The molecule has 0 saturated carbocycles. The van der Waals surface area contributed by atoms with Crippen molar-refractivity contribution in [1.82, 2.24) is 16.0 Å². The largest absolute Gasteiger partial charge is 0.481 e. The number of aliphatic carboxylic acids is 1. The number of carbonyl (C=O) groups is 11. The Morgan fingerprint density at radius 1 is 0.576 bits per heavy atom. The Balaban J connectivity index is 6.58. The van der Waals surface area contributed by atoms with Gasteiger partial charge in [-0.15, -0.1) is 0 Å². The van der Waals surface area contributed by atoms with E-state index in [1.165, 1.54) is 13.8 Å². The molecule has 0 bridgehead atoms. The van der Waals surface area contributed by atoms with Gasteiger partial charge in [0, 0.05) is 68.7 Å². The van der Waals surface area contributed by atoms with Crippen molar-refractivity contribution in [3.8, 4) is 0 Å². The molecule has 7 atom stereocenters. The van der Waals surface area contributed by atoms with E-state index in [0.29, 0.717) is 0 Å². The second kappa shape index (κ2) is 27.0. The highest BCUT2D eigenvalue weighted by Gasteiger charge is 2.35. The number of primary amides is 3. The first-order chi connectivity index (χ1) is 27.4. The van der Waals surface area contributed by atoms with E-state index in [1.54, 1.807) is 13.8 Å². The van der Waals surface area contributed by atoms with Crippen molar-refractivity contribution in [1.29, 1.82) is 0 Å². The van der Waals surface area contributed by atoms with Crippen LogP contribution in [-0.4, -0.2) is 112 Å². The minimum absolute atomic E-state index is 0.0358. The zero-order valence-electron chi connectivity index (χ0n) is 34.0. The first-order valence-electron chi connectivity index (χ1n) is 19.1. The van der Waals surface area contributed by atoms with Gasteiger partial charge >= 0.3 is 5.97 Å². The van der Waals surface area contributed by atoms with Gasteiger partial charge in [0.05, 0.1) is 25.1 Å². The molecule has 0 aliphatic rings. The Bertz CT molecular complexity index is 1580. The molecule has 0 unspecified atom stereocenters. The molecule has 0 radical (unpaired) electrons. The fourth-order valence-corrected chi connectivity index (χ4v) is 5.90. The van der Waals surface area contributed by atoms with Crippen LogP contribution in [0.3, 0.4) is 0 Å². The number of carboxylic acid groups (broad SMARTS) is 1. The average Bonchev–Trinajstić information content (AvgIpc) is 3.12. The summed E-state index contributed by atoms with van der Waals surface area (Å²) in [5, 5.41) is 26.1. The molecule has 0 aromatic heterocycles. The van der Waals surface area contributed by atoms with Gasteiger partial charge in [0.25, 0.3) is 0 Å². The Labute approximate surface area is 341 Å². The van der Waals surface area contributed by atoms with Crippen molar-refractivity contribution in [3.05, 3.63) is 0 Å². The summed E-state index contributed by atoms with van der Waals surface area (Å²) < 4.78 is 0. The highest BCUT2D eigenvalue weighted by atomic mass is 16.4. The number of amides is 6. The first-order valence-corrected chi connectivity index (χ1v) is 19.1. The summed E-state index contributed by atoms with van der Waals surface area (Å²) in [7, 11) is 0. The standard InChI is InChI=1S/C37H61N9O13/c1-18(2)23(36(59)46-26(17-47)20(4)48)15-29(51)24(6-5-11-43-37(41)42)44-34(57)21(7-9-30(38)52)14-28(50)25(16-32(40)54)45-35(58)22(8-10-33(55)56)13-27(49)19(3)12-31(39)53/h18-19,21-26,47H,5-17H2,1-4H3,(H2,38,52)(H2,39,53)(H2,40,54)(H,44,57)(H,45,58)(H,46,59)(H,55,56)(H4,41,42,43)/t19-,21+,22+,23-,24-,25-,26-/m0/s1. The fourth-order valence-electron chi connectivity index (χ4n) is 5.90. The second-order valence-corrected chi connectivity index (χ2v) is 14.9. The van der Waals surface area contributed by atoms with Crippen LogP contribution in [0.4, 0.5) is 0 Å². The number of carboxylic acids is 1. The molecule has 59 heavy (non-hydrogen) atoms. The van der Waals surface area contributed by atoms with E-state index in [-0.39, 0.29) is 44.6 Å². The summed E-state index contributed by atoms with van der Waals surface area (Å²) in [6, 6.07) is -4.20. The topological polar surface area (TPSA) is 407 Å².